The topological polar surface area (TPSA) is 44.5 Å². The zero-order valence-electron chi connectivity index (χ0n) is 12.8. The zero-order valence-corrected chi connectivity index (χ0v) is 12.8. The van der Waals surface area contributed by atoms with Crippen LogP contribution in [0.4, 0.5) is 0 Å². The van der Waals surface area contributed by atoms with Gasteiger partial charge < -0.3 is 16.0 Å². The van der Waals surface area contributed by atoms with Crippen LogP contribution >= 0.6 is 0 Å². The molecule has 1 fully saturated rings. The van der Waals surface area contributed by atoms with Crippen LogP contribution in [0.15, 0.2) is 30.3 Å². The predicted molar refractivity (Wildman–Crippen MR) is 84.7 cm³/mol. The van der Waals surface area contributed by atoms with Crippen molar-refractivity contribution in [1.82, 2.24) is 15.1 Å². The van der Waals surface area contributed by atoms with Crippen LogP contribution in [0.5, 0.6) is 0 Å². The minimum Gasteiger partial charge on any atom is -0.329 e. The van der Waals surface area contributed by atoms with Crippen LogP contribution < -0.4 is 11.1 Å². The summed E-state index contributed by atoms with van der Waals surface area (Å²) in [4.78, 5) is 4.71. The fourth-order valence-corrected chi connectivity index (χ4v) is 2.86. The Morgan fingerprint density at radius 1 is 1.30 bits per heavy atom. The van der Waals surface area contributed by atoms with Crippen molar-refractivity contribution in [2.75, 3.05) is 46.8 Å². The number of nitrogens with two attached hydrogens (primary N) is 1. The van der Waals surface area contributed by atoms with Gasteiger partial charge in [0.1, 0.15) is 0 Å². The highest BCUT2D eigenvalue weighted by Crippen LogP contribution is 2.22. The monoisotopic (exact) mass is 276 g/mol. The molecule has 1 unspecified atom stereocenters. The Hall–Kier alpha value is -0.940. The quantitative estimate of drug-likeness (QED) is 0.771. The summed E-state index contributed by atoms with van der Waals surface area (Å²) >= 11 is 0. The maximum absolute atomic E-state index is 6.04. The van der Waals surface area contributed by atoms with Gasteiger partial charge in [-0.2, -0.15) is 0 Å². The largest absolute Gasteiger partial charge is 0.329 e. The van der Waals surface area contributed by atoms with Gasteiger partial charge in [0, 0.05) is 44.8 Å². The van der Waals surface area contributed by atoms with Crippen molar-refractivity contribution >= 4 is 0 Å². The number of likely N-dealkylation sites (tertiary alicyclic amines) is 1. The molecular formula is C16H28N4. The molecule has 1 aliphatic heterocycles. The molecule has 0 spiro atoms. The van der Waals surface area contributed by atoms with Gasteiger partial charge in [0.15, 0.2) is 0 Å². The highest BCUT2D eigenvalue weighted by atomic mass is 15.2. The third-order valence-electron chi connectivity index (χ3n) is 4.13. The Kier molecular flexibility index (Phi) is 5.54. The minimum absolute atomic E-state index is 0.102. The van der Waals surface area contributed by atoms with E-state index in [1.807, 2.05) is 0 Å². The molecule has 1 aromatic carbocycles. The molecule has 0 amide bonds. The minimum atomic E-state index is 0.102. The highest BCUT2D eigenvalue weighted by Gasteiger charge is 2.36. The average molecular weight is 276 g/mol. The first-order valence-electron chi connectivity index (χ1n) is 7.50. The molecule has 4 heteroatoms. The molecule has 3 N–H and O–H groups in total. The molecule has 1 atom stereocenters. The molecule has 1 saturated heterocycles. The van der Waals surface area contributed by atoms with E-state index in [9.17, 15) is 0 Å². The number of nitrogens with one attached hydrogen (secondary N) is 1. The van der Waals surface area contributed by atoms with E-state index in [0.29, 0.717) is 6.54 Å². The van der Waals surface area contributed by atoms with Crippen molar-refractivity contribution in [1.29, 1.82) is 0 Å². The summed E-state index contributed by atoms with van der Waals surface area (Å²) in [5, 5.41) is 3.68. The maximum Gasteiger partial charge on any atom is 0.0445 e. The van der Waals surface area contributed by atoms with Gasteiger partial charge in [-0.05, 0) is 26.1 Å². The summed E-state index contributed by atoms with van der Waals surface area (Å²) in [7, 11) is 4.21. The molecule has 1 aliphatic rings. The fraction of sp³-hybridized carbons (Fsp3) is 0.625. The molecule has 0 bridgehead atoms. The molecule has 0 saturated carbocycles. The summed E-state index contributed by atoms with van der Waals surface area (Å²) in [5.41, 5.74) is 7.52. The lowest BCUT2D eigenvalue weighted by Crippen LogP contribution is -2.54. The number of hydrogen-bond acceptors (Lipinski definition) is 4. The third kappa shape index (κ3) is 4.28. The second-order valence-electron chi connectivity index (χ2n) is 6.16. The summed E-state index contributed by atoms with van der Waals surface area (Å²) in [6.07, 6.45) is 1.14. The van der Waals surface area contributed by atoms with E-state index in [0.717, 1.165) is 39.1 Å². The van der Waals surface area contributed by atoms with E-state index in [1.54, 1.807) is 0 Å². The van der Waals surface area contributed by atoms with E-state index in [-0.39, 0.29) is 5.54 Å². The second kappa shape index (κ2) is 7.18. The SMILES string of the molecule is CN(C)CCNC1(CN)CCN(Cc2ccccc2)C1. The van der Waals surface area contributed by atoms with Crippen LogP contribution in [0.25, 0.3) is 0 Å². The normalized spacial score (nSPS) is 23.6. The smallest absolute Gasteiger partial charge is 0.0445 e. The molecule has 0 aliphatic carbocycles. The van der Waals surface area contributed by atoms with Crippen molar-refractivity contribution in [3.05, 3.63) is 35.9 Å². The maximum atomic E-state index is 6.04. The first-order chi connectivity index (χ1) is 9.63. The van der Waals surface area contributed by atoms with Gasteiger partial charge in [-0.15, -0.1) is 0 Å². The van der Waals surface area contributed by atoms with Crippen LogP contribution in [0, 0.1) is 0 Å². The van der Waals surface area contributed by atoms with Gasteiger partial charge >= 0.3 is 0 Å². The number of benzene rings is 1. The molecule has 112 valence electrons. The van der Waals surface area contributed by atoms with Gasteiger partial charge in [-0.25, -0.2) is 0 Å². The van der Waals surface area contributed by atoms with E-state index in [2.05, 4.69) is 59.5 Å². The molecular weight excluding hydrogens is 248 g/mol. The van der Waals surface area contributed by atoms with Crippen molar-refractivity contribution in [3.8, 4) is 0 Å². The number of nitrogens with zero attached hydrogens (tertiary/aromatic N) is 2. The Bertz CT molecular complexity index is 393. The standard InChI is InChI=1S/C16H28N4/c1-19(2)11-9-18-16(13-17)8-10-20(14-16)12-15-6-4-3-5-7-15/h3-7,18H,8-14,17H2,1-2H3. The molecule has 2 rings (SSSR count). The van der Waals surface area contributed by atoms with Crippen molar-refractivity contribution < 1.29 is 0 Å². The summed E-state index contributed by atoms with van der Waals surface area (Å²) in [6, 6.07) is 10.7. The zero-order chi connectivity index (χ0) is 14.4. The third-order valence-corrected chi connectivity index (χ3v) is 4.13. The average Bonchev–Trinajstić information content (AvgIpc) is 2.83. The lowest BCUT2D eigenvalue weighted by Gasteiger charge is -2.30. The summed E-state index contributed by atoms with van der Waals surface area (Å²) in [5.74, 6) is 0. The van der Waals surface area contributed by atoms with Gasteiger partial charge in [0.25, 0.3) is 0 Å². The van der Waals surface area contributed by atoms with E-state index >= 15 is 0 Å². The highest BCUT2D eigenvalue weighted by molar-refractivity contribution is 5.15. The van der Waals surface area contributed by atoms with Crippen molar-refractivity contribution in [3.63, 3.8) is 0 Å². The van der Waals surface area contributed by atoms with E-state index < -0.39 is 0 Å². The molecule has 0 radical (unpaired) electrons. The summed E-state index contributed by atoms with van der Waals surface area (Å²) < 4.78 is 0. The first-order valence-corrected chi connectivity index (χ1v) is 7.50. The van der Waals surface area contributed by atoms with Crippen LogP contribution in [0.2, 0.25) is 0 Å². The van der Waals surface area contributed by atoms with Gasteiger partial charge in [-0.3, -0.25) is 4.90 Å². The lowest BCUT2D eigenvalue weighted by molar-refractivity contribution is 0.269. The number of likely N-dealkylation sites (N-methyl/N-ethyl adjacent to an activating group) is 1. The van der Waals surface area contributed by atoms with Crippen molar-refractivity contribution in [2.24, 2.45) is 5.73 Å². The van der Waals surface area contributed by atoms with E-state index in [4.69, 9.17) is 5.73 Å². The Balaban J connectivity index is 1.85. The number of hydrogen-bond donors (Lipinski definition) is 2. The van der Waals surface area contributed by atoms with Crippen LogP contribution in [-0.2, 0) is 6.54 Å². The lowest BCUT2D eigenvalue weighted by atomic mass is 9.99. The van der Waals surface area contributed by atoms with Crippen LogP contribution in [0.3, 0.4) is 0 Å². The number of rotatable bonds is 7. The Labute approximate surface area is 122 Å². The second-order valence-corrected chi connectivity index (χ2v) is 6.16. The van der Waals surface area contributed by atoms with Crippen LogP contribution in [0.1, 0.15) is 12.0 Å². The molecule has 1 heterocycles. The van der Waals surface area contributed by atoms with Crippen LogP contribution in [-0.4, -0.2) is 62.2 Å². The van der Waals surface area contributed by atoms with Crippen molar-refractivity contribution in [2.45, 2.75) is 18.5 Å². The summed E-state index contributed by atoms with van der Waals surface area (Å²) in [6.45, 7) is 5.97. The Morgan fingerprint density at radius 3 is 2.70 bits per heavy atom. The van der Waals surface area contributed by atoms with Gasteiger partial charge in [-0.1, -0.05) is 30.3 Å². The fourth-order valence-electron chi connectivity index (χ4n) is 2.86. The first kappa shape index (κ1) is 15.4. The molecule has 4 nitrogen and oxygen atoms in total. The Morgan fingerprint density at radius 2 is 2.05 bits per heavy atom. The molecule has 0 aromatic heterocycles. The van der Waals surface area contributed by atoms with Gasteiger partial charge in [0.05, 0.1) is 0 Å². The molecule has 1 aromatic rings. The predicted octanol–water partition coefficient (Wildman–Crippen LogP) is 0.741. The van der Waals surface area contributed by atoms with E-state index in [1.165, 1.54) is 5.56 Å². The molecule has 20 heavy (non-hydrogen) atoms. The van der Waals surface area contributed by atoms with Gasteiger partial charge in [0.2, 0.25) is 0 Å².